The van der Waals surface area contributed by atoms with E-state index in [1.165, 1.54) is 51.4 Å². The van der Waals surface area contributed by atoms with Gasteiger partial charge in [0.05, 0.1) is 23.7 Å². The molecule has 0 aliphatic carbocycles. The number of rotatable bonds is 12. The van der Waals surface area contributed by atoms with Crippen LogP contribution in [0.3, 0.4) is 0 Å². The summed E-state index contributed by atoms with van der Waals surface area (Å²) in [5.41, 5.74) is -0.673. The van der Waals surface area contributed by atoms with Crippen LogP contribution >= 0.6 is 0 Å². The van der Waals surface area contributed by atoms with Crippen molar-refractivity contribution in [3.63, 3.8) is 0 Å². The largest absolute Gasteiger partial charge is 0.450 e. The average Bonchev–Trinajstić information content (AvgIpc) is 2.78. The lowest BCUT2D eigenvalue weighted by Gasteiger charge is -2.23. The minimum Gasteiger partial charge on any atom is -0.450 e. The number of sulfone groups is 1. The first-order valence-corrected chi connectivity index (χ1v) is 11.3. The molecular formula is C18H35NO4S. The van der Waals surface area contributed by atoms with E-state index in [2.05, 4.69) is 12.2 Å². The topological polar surface area (TPSA) is 72.5 Å². The lowest BCUT2D eigenvalue weighted by Crippen LogP contribution is -2.47. The molecule has 1 heterocycles. The highest BCUT2D eigenvalue weighted by molar-refractivity contribution is 7.91. The van der Waals surface area contributed by atoms with Crippen molar-refractivity contribution in [1.29, 1.82) is 0 Å². The Morgan fingerprint density at radius 2 is 1.54 bits per heavy atom. The van der Waals surface area contributed by atoms with E-state index in [1.807, 2.05) is 0 Å². The van der Waals surface area contributed by atoms with Crippen molar-refractivity contribution in [1.82, 2.24) is 5.32 Å². The van der Waals surface area contributed by atoms with Crippen LogP contribution in [0.25, 0.3) is 0 Å². The SMILES string of the molecule is CCCCCCCCCCCCOC(=O)NC1(C)CCS(=O)(=O)C1. The summed E-state index contributed by atoms with van der Waals surface area (Å²) >= 11 is 0. The van der Waals surface area contributed by atoms with Gasteiger partial charge in [-0.2, -0.15) is 0 Å². The zero-order valence-electron chi connectivity index (χ0n) is 15.4. The number of amides is 1. The molecule has 1 fully saturated rings. The van der Waals surface area contributed by atoms with Crippen molar-refractivity contribution in [2.45, 2.75) is 90.0 Å². The van der Waals surface area contributed by atoms with Crippen molar-refractivity contribution in [2.75, 3.05) is 18.1 Å². The smallest absolute Gasteiger partial charge is 0.407 e. The fourth-order valence-electron chi connectivity index (χ4n) is 3.15. The molecule has 0 radical (unpaired) electrons. The molecule has 1 N–H and O–H groups in total. The molecule has 1 amide bonds. The minimum atomic E-state index is -3.02. The predicted molar refractivity (Wildman–Crippen MR) is 98.0 cm³/mol. The van der Waals surface area contributed by atoms with Gasteiger partial charge in [-0.15, -0.1) is 0 Å². The van der Waals surface area contributed by atoms with Gasteiger partial charge in [0.1, 0.15) is 0 Å². The molecule has 5 nitrogen and oxygen atoms in total. The van der Waals surface area contributed by atoms with Crippen LogP contribution in [0.5, 0.6) is 0 Å². The van der Waals surface area contributed by atoms with Crippen LogP contribution in [0.1, 0.15) is 84.5 Å². The Hall–Kier alpha value is -0.780. The number of nitrogens with one attached hydrogen (secondary N) is 1. The Kier molecular flexibility index (Phi) is 9.71. The molecule has 1 atom stereocenters. The number of hydrogen-bond acceptors (Lipinski definition) is 4. The molecule has 1 rings (SSSR count). The summed E-state index contributed by atoms with van der Waals surface area (Å²) in [6.07, 6.45) is 12.4. The molecule has 1 aliphatic heterocycles. The number of hydrogen-bond donors (Lipinski definition) is 1. The zero-order valence-corrected chi connectivity index (χ0v) is 16.3. The normalized spacial score (nSPS) is 22.4. The van der Waals surface area contributed by atoms with Gasteiger partial charge in [-0.05, 0) is 19.8 Å². The first-order chi connectivity index (χ1) is 11.4. The van der Waals surface area contributed by atoms with Gasteiger partial charge in [-0.3, -0.25) is 0 Å². The fraction of sp³-hybridized carbons (Fsp3) is 0.944. The Balaban J connectivity index is 1.95. The van der Waals surface area contributed by atoms with Gasteiger partial charge in [0.25, 0.3) is 0 Å². The van der Waals surface area contributed by atoms with Crippen molar-refractivity contribution in [3.8, 4) is 0 Å². The standard InChI is InChI=1S/C18H35NO4S/c1-3-4-5-6-7-8-9-10-11-12-14-23-17(20)19-18(2)13-15-24(21,22)16-18/h3-16H2,1-2H3,(H,19,20). The van der Waals surface area contributed by atoms with Crippen LogP contribution in [0, 0.1) is 0 Å². The third-order valence-corrected chi connectivity index (χ3v) is 6.54. The predicted octanol–water partition coefficient (Wildman–Crippen LogP) is 4.21. The van der Waals surface area contributed by atoms with Crippen LogP contribution in [0.4, 0.5) is 4.79 Å². The van der Waals surface area contributed by atoms with Crippen molar-refractivity contribution in [2.24, 2.45) is 0 Å². The number of ether oxygens (including phenoxy) is 1. The molecule has 0 aromatic carbocycles. The molecule has 0 aromatic heterocycles. The highest BCUT2D eigenvalue weighted by Gasteiger charge is 2.39. The van der Waals surface area contributed by atoms with Gasteiger partial charge in [-0.1, -0.05) is 64.7 Å². The van der Waals surface area contributed by atoms with E-state index in [0.717, 1.165) is 12.8 Å². The number of unbranched alkanes of at least 4 members (excludes halogenated alkanes) is 9. The van der Waals surface area contributed by atoms with E-state index in [4.69, 9.17) is 4.74 Å². The molecule has 1 unspecified atom stereocenters. The second kappa shape index (κ2) is 11.0. The van der Waals surface area contributed by atoms with Gasteiger partial charge >= 0.3 is 6.09 Å². The van der Waals surface area contributed by atoms with Crippen LogP contribution in [-0.4, -0.2) is 38.2 Å². The van der Waals surface area contributed by atoms with Crippen molar-refractivity contribution in [3.05, 3.63) is 0 Å². The third kappa shape index (κ3) is 9.50. The molecule has 0 spiro atoms. The van der Waals surface area contributed by atoms with Crippen molar-refractivity contribution >= 4 is 15.9 Å². The first kappa shape index (κ1) is 21.3. The Bertz CT molecular complexity index is 464. The van der Waals surface area contributed by atoms with E-state index < -0.39 is 21.5 Å². The molecule has 0 bridgehead atoms. The zero-order chi connectivity index (χ0) is 17.9. The molecule has 0 aromatic rings. The monoisotopic (exact) mass is 361 g/mol. The van der Waals surface area contributed by atoms with Gasteiger partial charge in [0, 0.05) is 0 Å². The highest BCUT2D eigenvalue weighted by Crippen LogP contribution is 2.22. The van der Waals surface area contributed by atoms with Gasteiger partial charge in [0.2, 0.25) is 0 Å². The highest BCUT2D eigenvalue weighted by atomic mass is 32.2. The Labute approximate surface area is 147 Å². The maximum Gasteiger partial charge on any atom is 0.407 e. The molecule has 6 heteroatoms. The second-order valence-electron chi connectivity index (χ2n) is 7.35. The molecule has 1 aliphatic rings. The number of alkyl carbamates (subject to hydrolysis) is 1. The molecular weight excluding hydrogens is 326 g/mol. The van der Waals surface area contributed by atoms with E-state index >= 15 is 0 Å². The maximum absolute atomic E-state index is 11.7. The van der Waals surface area contributed by atoms with Crippen LogP contribution in [-0.2, 0) is 14.6 Å². The van der Waals surface area contributed by atoms with E-state index in [1.54, 1.807) is 6.92 Å². The summed E-state index contributed by atoms with van der Waals surface area (Å²) < 4.78 is 28.2. The average molecular weight is 362 g/mol. The molecule has 1 saturated heterocycles. The lowest BCUT2D eigenvalue weighted by molar-refractivity contribution is 0.134. The summed E-state index contributed by atoms with van der Waals surface area (Å²) in [6, 6.07) is 0. The number of carbonyl (C=O) groups is 1. The van der Waals surface area contributed by atoms with Crippen molar-refractivity contribution < 1.29 is 17.9 Å². The maximum atomic E-state index is 11.7. The van der Waals surface area contributed by atoms with Crippen LogP contribution in [0.15, 0.2) is 0 Å². The summed E-state index contributed by atoms with van der Waals surface area (Å²) in [6.45, 7) is 4.41. The molecule has 24 heavy (non-hydrogen) atoms. The van der Waals surface area contributed by atoms with E-state index in [9.17, 15) is 13.2 Å². The Morgan fingerprint density at radius 1 is 1.00 bits per heavy atom. The third-order valence-electron chi connectivity index (χ3n) is 4.64. The molecule has 142 valence electrons. The summed E-state index contributed by atoms with van der Waals surface area (Å²) in [5.74, 6) is 0.148. The Morgan fingerprint density at radius 3 is 2.04 bits per heavy atom. The first-order valence-electron chi connectivity index (χ1n) is 9.52. The van der Waals surface area contributed by atoms with Gasteiger partial charge in [0.15, 0.2) is 9.84 Å². The van der Waals surface area contributed by atoms with E-state index in [0.29, 0.717) is 13.0 Å². The minimum absolute atomic E-state index is 0.00730. The summed E-state index contributed by atoms with van der Waals surface area (Å²) in [4.78, 5) is 11.7. The fourth-order valence-corrected chi connectivity index (χ4v) is 5.24. The summed E-state index contributed by atoms with van der Waals surface area (Å²) in [7, 11) is -3.02. The summed E-state index contributed by atoms with van der Waals surface area (Å²) in [5, 5.41) is 2.71. The van der Waals surface area contributed by atoms with E-state index in [-0.39, 0.29) is 11.5 Å². The molecule has 0 saturated carbocycles. The lowest BCUT2D eigenvalue weighted by atomic mass is 10.0. The van der Waals surface area contributed by atoms with Gasteiger partial charge < -0.3 is 10.1 Å². The second-order valence-corrected chi connectivity index (χ2v) is 9.53. The quantitative estimate of drug-likeness (QED) is 0.529. The van der Waals surface area contributed by atoms with Gasteiger partial charge in [-0.25, -0.2) is 13.2 Å². The number of carbonyl (C=O) groups excluding carboxylic acids is 1. The van der Waals surface area contributed by atoms with Crippen LogP contribution < -0.4 is 5.32 Å². The van der Waals surface area contributed by atoms with Crippen LogP contribution in [0.2, 0.25) is 0 Å².